The Morgan fingerprint density at radius 1 is 1.17 bits per heavy atom. The van der Waals surface area contributed by atoms with Crippen molar-refractivity contribution in [2.24, 2.45) is 0 Å². The van der Waals surface area contributed by atoms with E-state index in [-0.39, 0.29) is 17.9 Å². The maximum Gasteiger partial charge on any atom is 0.270 e. The van der Waals surface area contributed by atoms with Gasteiger partial charge in [-0.1, -0.05) is 6.07 Å². The smallest absolute Gasteiger partial charge is 0.270 e. The van der Waals surface area contributed by atoms with Gasteiger partial charge >= 0.3 is 0 Å². The molecule has 8 heteroatoms. The first kappa shape index (κ1) is 20.3. The van der Waals surface area contributed by atoms with Crippen molar-refractivity contribution in [3.63, 3.8) is 0 Å². The molecule has 0 spiro atoms. The largest absolute Gasteiger partial charge is 0.493 e. The summed E-state index contributed by atoms with van der Waals surface area (Å²) in [4.78, 5) is 28.4. The molecule has 2 amide bonds. The first-order chi connectivity index (χ1) is 14.1. The average molecular weight is 396 g/mol. The van der Waals surface area contributed by atoms with Gasteiger partial charge in [-0.25, -0.2) is 4.98 Å². The van der Waals surface area contributed by atoms with E-state index in [4.69, 9.17) is 9.47 Å². The number of pyridine rings is 1. The summed E-state index contributed by atoms with van der Waals surface area (Å²) in [6.07, 6.45) is 5.45. The molecule has 8 nitrogen and oxygen atoms in total. The van der Waals surface area contributed by atoms with Crippen LogP contribution in [0, 0.1) is 0 Å². The van der Waals surface area contributed by atoms with Crippen LogP contribution in [-0.2, 0) is 4.79 Å². The van der Waals surface area contributed by atoms with Crippen LogP contribution < -0.4 is 25.4 Å². The average Bonchev–Trinajstić information content (AvgIpc) is 3.25. The van der Waals surface area contributed by atoms with Crippen LogP contribution in [0.3, 0.4) is 0 Å². The first-order valence-electron chi connectivity index (χ1n) is 9.28. The van der Waals surface area contributed by atoms with E-state index in [1.807, 2.05) is 6.07 Å². The van der Waals surface area contributed by atoms with Gasteiger partial charge in [0.1, 0.15) is 5.69 Å². The lowest BCUT2D eigenvalue weighted by Crippen LogP contribution is -2.36. The molecule has 1 atom stereocenters. The molecule has 0 radical (unpaired) electrons. The maximum absolute atomic E-state index is 12.2. The third-order valence-electron chi connectivity index (χ3n) is 4.49. The molecule has 29 heavy (non-hydrogen) atoms. The van der Waals surface area contributed by atoms with Crippen molar-refractivity contribution in [3.05, 3.63) is 53.9 Å². The molecular formula is C21H24N4O4. The fraction of sp³-hybridized carbons (Fsp3) is 0.286. The Balaban J connectivity index is 1.56. The summed E-state index contributed by atoms with van der Waals surface area (Å²) in [5.41, 5.74) is 1.62. The molecule has 3 rings (SSSR count). The number of hydrogen-bond acceptors (Lipinski definition) is 6. The van der Waals surface area contributed by atoms with Gasteiger partial charge in [-0.2, -0.15) is 0 Å². The topological polar surface area (TPSA) is 102 Å². The Morgan fingerprint density at radius 3 is 2.66 bits per heavy atom. The number of carbonyl (C=O) groups excluding carboxylic acids is 2. The van der Waals surface area contributed by atoms with Crippen LogP contribution in [0.5, 0.6) is 11.5 Å². The van der Waals surface area contributed by atoms with E-state index >= 15 is 0 Å². The lowest BCUT2D eigenvalue weighted by molar-refractivity contribution is -0.111. The molecule has 2 aromatic rings. The van der Waals surface area contributed by atoms with E-state index in [1.165, 1.54) is 12.3 Å². The second-order valence-corrected chi connectivity index (χ2v) is 6.53. The van der Waals surface area contributed by atoms with Gasteiger partial charge < -0.3 is 25.4 Å². The van der Waals surface area contributed by atoms with Crippen LogP contribution in [0.2, 0.25) is 0 Å². The fourth-order valence-corrected chi connectivity index (χ4v) is 2.95. The fourth-order valence-electron chi connectivity index (χ4n) is 2.95. The van der Waals surface area contributed by atoms with Crippen LogP contribution in [0.1, 0.15) is 22.5 Å². The van der Waals surface area contributed by atoms with E-state index in [2.05, 4.69) is 20.9 Å². The number of nitrogens with zero attached hydrogens (tertiary/aromatic N) is 1. The van der Waals surface area contributed by atoms with E-state index in [0.717, 1.165) is 25.1 Å². The van der Waals surface area contributed by atoms with E-state index in [1.54, 1.807) is 44.6 Å². The number of benzene rings is 1. The van der Waals surface area contributed by atoms with Crippen molar-refractivity contribution < 1.29 is 19.1 Å². The Hall–Kier alpha value is -3.39. The quantitative estimate of drug-likeness (QED) is 0.618. The van der Waals surface area contributed by atoms with Crippen molar-refractivity contribution in [3.8, 4) is 11.5 Å². The molecule has 0 saturated carbocycles. The highest BCUT2D eigenvalue weighted by Crippen LogP contribution is 2.27. The van der Waals surface area contributed by atoms with Gasteiger partial charge in [0.2, 0.25) is 5.91 Å². The second-order valence-electron chi connectivity index (χ2n) is 6.53. The van der Waals surface area contributed by atoms with Crippen LogP contribution in [0.4, 0.5) is 5.69 Å². The molecule has 0 bridgehead atoms. The van der Waals surface area contributed by atoms with Gasteiger partial charge in [-0.15, -0.1) is 0 Å². The highest BCUT2D eigenvalue weighted by Gasteiger charge is 2.18. The van der Waals surface area contributed by atoms with Crippen molar-refractivity contribution in [1.29, 1.82) is 0 Å². The van der Waals surface area contributed by atoms with E-state index in [9.17, 15) is 9.59 Å². The van der Waals surface area contributed by atoms with Crippen LogP contribution in [0.25, 0.3) is 6.08 Å². The number of aromatic nitrogens is 1. The maximum atomic E-state index is 12.2. The first-order valence-corrected chi connectivity index (χ1v) is 9.28. The predicted octanol–water partition coefficient (Wildman–Crippen LogP) is 1.84. The van der Waals surface area contributed by atoms with Gasteiger partial charge in [-0.05, 0) is 48.9 Å². The molecule has 1 aromatic heterocycles. The van der Waals surface area contributed by atoms with Gasteiger partial charge in [0, 0.05) is 18.7 Å². The van der Waals surface area contributed by atoms with Crippen molar-refractivity contribution in [2.45, 2.75) is 12.5 Å². The van der Waals surface area contributed by atoms with Gasteiger partial charge in [-0.3, -0.25) is 9.59 Å². The molecule has 1 aromatic carbocycles. The highest BCUT2D eigenvalue weighted by atomic mass is 16.5. The summed E-state index contributed by atoms with van der Waals surface area (Å²) >= 11 is 0. The number of anilines is 1. The SMILES string of the molecule is COc1ccc(/C=C/C(=O)Nc2ccc(C(=O)NC3CCNC3)nc2)cc1OC. The molecule has 1 saturated heterocycles. The Kier molecular flexibility index (Phi) is 6.80. The number of amides is 2. The minimum atomic E-state index is -0.309. The number of methoxy groups -OCH3 is 2. The van der Waals surface area contributed by atoms with E-state index in [0.29, 0.717) is 22.9 Å². The Bertz CT molecular complexity index is 890. The van der Waals surface area contributed by atoms with Gasteiger partial charge in [0.15, 0.2) is 11.5 Å². The summed E-state index contributed by atoms with van der Waals surface area (Å²) in [7, 11) is 3.12. The van der Waals surface area contributed by atoms with Crippen molar-refractivity contribution >= 4 is 23.6 Å². The Morgan fingerprint density at radius 2 is 2.00 bits per heavy atom. The van der Waals surface area contributed by atoms with Crippen LogP contribution >= 0.6 is 0 Å². The number of rotatable bonds is 7. The molecule has 0 aliphatic carbocycles. The number of carbonyl (C=O) groups is 2. The predicted molar refractivity (Wildman–Crippen MR) is 110 cm³/mol. The lowest BCUT2D eigenvalue weighted by atomic mass is 10.2. The molecule has 1 unspecified atom stereocenters. The minimum Gasteiger partial charge on any atom is -0.493 e. The summed E-state index contributed by atoms with van der Waals surface area (Å²) < 4.78 is 10.4. The molecule has 3 N–H and O–H groups in total. The summed E-state index contributed by atoms with van der Waals surface area (Å²) in [6, 6.07) is 8.73. The number of nitrogens with one attached hydrogen (secondary N) is 3. The molecule has 1 aliphatic heterocycles. The standard InChI is InChI=1S/C21H24N4O4/c1-28-18-7-3-14(11-19(18)29-2)4-8-20(26)24-15-5-6-17(23-13-15)21(27)25-16-9-10-22-12-16/h3-8,11,13,16,22H,9-10,12H2,1-2H3,(H,24,26)(H,25,27)/b8-4+. The Labute approximate surface area is 169 Å². The normalized spacial score (nSPS) is 15.9. The number of hydrogen-bond donors (Lipinski definition) is 3. The highest BCUT2D eigenvalue weighted by molar-refractivity contribution is 6.02. The van der Waals surface area contributed by atoms with Crippen LogP contribution in [-0.4, -0.2) is 50.1 Å². The molecule has 1 fully saturated rings. The van der Waals surface area contributed by atoms with Crippen LogP contribution in [0.15, 0.2) is 42.6 Å². The summed E-state index contributed by atoms with van der Waals surface area (Å²) in [5.74, 6) is 0.677. The van der Waals surface area contributed by atoms with Gasteiger partial charge in [0.05, 0.1) is 26.1 Å². The second kappa shape index (κ2) is 9.70. The zero-order chi connectivity index (χ0) is 20.6. The number of ether oxygens (including phenoxy) is 2. The van der Waals surface area contributed by atoms with E-state index < -0.39 is 0 Å². The zero-order valence-electron chi connectivity index (χ0n) is 16.4. The molecule has 1 aliphatic rings. The lowest BCUT2D eigenvalue weighted by Gasteiger charge is -2.11. The third-order valence-corrected chi connectivity index (χ3v) is 4.49. The zero-order valence-corrected chi connectivity index (χ0v) is 16.4. The van der Waals surface area contributed by atoms with Crippen molar-refractivity contribution in [1.82, 2.24) is 15.6 Å². The summed E-state index contributed by atoms with van der Waals surface area (Å²) in [6.45, 7) is 1.67. The minimum absolute atomic E-state index is 0.130. The summed E-state index contributed by atoms with van der Waals surface area (Å²) in [5, 5.41) is 8.84. The molecule has 2 heterocycles. The van der Waals surface area contributed by atoms with Crippen molar-refractivity contribution in [2.75, 3.05) is 32.6 Å². The molecular weight excluding hydrogens is 372 g/mol. The molecule has 152 valence electrons. The third kappa shape index (κ3) is 5.55. The van der Waals surface area contributed by atoms with Gasteiger partial charge in [0.25, 0.3) is 5.91 Å². The monoisotopic (exact) mass is 396 g/mol.